The molecule has 0 aromatic rings. The maximum atomic E-state index is 10.4. The molecule has 0 aromatic carbocycles. The molecule has 0 amide bonds. The van der Waals surface area contributed by atoms with E-state index in [0.29, 0.717) is 6.42 Å². The minimum atomic E-state index is 0.273. The van der Waals surface area contributed by atoms with E-state index in [4.69, 9.17) is 0 Å². The molecule has 0 radical (unpaired) electrons. The lowest BCUT2D eigenvalue weighted by Gasteiger charge is -2.11. The fourth-order valence-electron chi connectivity index (χ4n) is 0.506. The van der Waals surface area contributed by atoms with E-state index in [1.165, 1.54) is 0 Å². The Hall–Kier alpha value is -0.370. The summed E-state index contributed by atoms with van der Waals surface area (Å²) in [4.78, 5) is 12.6. The highest BCUT2D eigenvalue weighted by molar-refractivity contribution is 5.75. The molecule has 54 valence electrons. The molecule has 0 bridgehead atoms. The molecule has 9 heavy (non-hydrogen) atoms. The van der Waals surface area contributed by atoms with Crippen LogP contribution in [0.4, 0.5) is 0 Å². The zero-order valence-corrected chi connectivity index (χ0v) is 6.48. The SMILES string of the molecule is CCN(C)CCC(C)=O. The Morgan fingerprint density at radius 2 is 2.11 bits per heavy atom. The van der Waals surface area contributed by atoms with Crippen LogP contribution in [0.1, 0.15) is 20.3 Å². The van der Waals surface area contributed by atoms with E-state index >= 15 is 0 Å². The van der Waals surface area contributed by atoms with Gasteiger partial charge >= 0.3 is 0 Å². The highest BCUT2D eigenvalue weighted by Crippen LogP contribution is 1.86. The quantitative estimate of drug-likeness (QED) is 0.562. The van der Waals surface area contributed by atoms with Gasteiger partial charge in [-0.3, -0.25) is 4.79 Å². The fourth-order valence-corrected chi connectivity index (χ4v) is 0.506. The van der Waals surface area contributed by atoms with Gasteiger partial charge in [-0.2, -0.15) is 0 Å². The monoisotopic (exact) mass is 129 g/mol. The third kappa shape index (κ3) is 5.50. The van der Waals surface area contributed by atoms with Crippen molar-refractivity contribution in [2.24, 2.45) is 0 Å². The molecule has 0 aliphatic rings. The molecule has 0 aromatic heterocycles. The summed E-state index contributed by atoms with van der Waals surface area (Å²) < 4.78 is 0. The summed E-state index contributed by atoms with van der Waals surface area (Å²) in [6.07, 6.45) is 0.685. The number of hydrogen-bond acceptors (Lipinski definition) is 2. The second-order valence-corrected chi connectivity index (χ2v) is 2.35. The van der Waals surface area contributed by atoms with Gasteiger partial charge in [-0.1, -0.05) is 6.92 Å². The lowest BCUT2D eigenvalue weighted by Crippen LogP contribution is -2.20. The van der Waals surface area contributed by atoms with Gasteiger partial charge in [0.2, 0.25) is 0 Å². The predicted molar refractivity (Wildman–Crippen MR) is 38.5 cm³/mol. The van der Waals surface area contributed by atoms with Crippen molar-refractivity contribution in [3.63, 3.8) is 0 Å². The summed E-state index contributed by atoms with van der Waals surface area (Å²) in [6, 6.07) is 0. The first-order chi connectivity index (χ1) is 4.16. The Bertz CT molecular complexity index is 90.9. The summed E-state index contributed by atoms with van der Waals surface area (Å²) in [5.41, 5.74) is 0. The number of rotatable bonds is 4. The summed E-state index contributed by atoms with van der Waals surface area (Å²) in [6.45, 7) is 5.63. The maximum absolute atomic E-state index is 10.4. The summed E-state index contributed by atoms with van der Waals surface area (Å²) in [5, 5.41) is 0. The number of nitrogens with zero attached hydrogens (tertiary/aromatic N) is 1. The normalized spacial score (nSPS) is 10.2. The van der Waals surface area contributed by atoms with Crippen molar-refractivity contribution < 1.29 is 4.79 Å². The second-order valence-electron chi connectivity index (χ2n) is 2.35. The molecule has 0 saturated carbocycles. The van der Waals surface area contributed by atoms with Crippen LogP contribution >= 0.6 is 0 Å². The summed E-state index contributed by atoms with van der Waals surface area (Å²) in [5.74, 6) is 0.273. The van der Waals surface area contributed by atoms with Gasteiger partial charge in [0.05, 0.1) is 0 Å². The molecule has 0 heterocycles. The van der Waals surface area contributed by atoms with Crippen LogP contribution in [0.2, 0.25) is 0 Å². The Kier molecular flexibility index (Phi) is 4.32. The zero-order chi connectivity index (χ0) is 7.28. The molecule has 0 spiro atoms. The molecule has 0 saturated heterocycles. The van der Waals surface area contributed by atoms with Crippen molar-refractivity contribution in [3.8, 4) is 0 Å². The predicted octanol–water partition coefficient (Wildman–Crippen LogP) is 0.917. The van der Waals surface area contributed by atoms with Gasteiger partial charge in [0, 0.05) is 13.0 Å². The largest absolute Gasteiger partial charge is 0.306 e. The maximum Gasteiger partial charge on any atom is 0.131 e. The number of Topliss-reactive ketones (excluding diaryl/α,β-unsaturated/α-hetero) is 1. The van der Waals surface area contributed by atoms with Gasteiger partial charge in [0.1, 0.15) is 5.78 Å². The topological polar surface area (TPSA) is 20.3 Å². The number of hydrogen-bond donors (Lipinski definition) is 0. The van der Waals surface area contributed by atoms with Crippen LogP contribution in [0.15, 0.2) is 0 Å². The lowest BCUT2D eigenvalue weighted by atomic mass is 10.3. The van der Waals surface area contributed by atoms with E-state index < -0.39 is 0 Å². The zero-order valence-electron chi connectivity index (χ0n) is 6.48. The van der Waals surface area contributed by atoms with Crippen LogP contribution in [0.25, 0.3) is 0 Å². The minimum Gasteiger partial charge on any atom is -0.306 e. The Balaban J connectivity index is 3.16. The molecule has 0 N–H and O–H groups in total. The molecule has 0 aliphatic carbocycles. The first kappa shape index (κ1) is 8.63. The number of carbonyl (C=O) groups excluding carboxylic acids is 1. The van der Waals surface area contributed by atoms with Crippen LogP contribution in [0, 0.1) is 0 Å². The van der Waals surface area contributed by atoms with Crippen LogP contribution < -0.4 is 0 Å². The third-order valence-electron chi connectivity index (χ3n) is 1.39. The average Bonchev–Trinajstić information content (AvgIpc) is 1.83. The van der Waals surface area contributed by atoms with E-state index in [1.54, 1.807) is 6.92 Å². The van der Waals surface area contributed by atoms with Crippen LogP contribution in [-0.4, -0.2) is 30.8 Å². The van der Waals surface area contributed by atoms with E-state index in [0.717, 1.165) is 13.1 Å². The standard InChI is InChI=1S/C7H15NO/c1-4-8(3)6-5-7(2)9/h4-6H2,1-3H3. The molecule has 0 atom stereocenters. The van der Waals surface area contributed by atoms with Crippen LogP contribution in [0.3, 0.4) is 0 Å². The van der Waals surface area contributed by atoms with Crippen LogP contribution in [0.5, 0.6) is 0 Å². The van der Waals surface area contributed by atoms with E-state index in [2.05, 4.69) is 11.8 Å². The Labute approximate surface area is 56.9 Å². The molecule has 0 unspecified atom stereocenters. The van der Waals surface area contributed by atoms with E-state index in [9.17, 15) is 4.79 Å². The molecule has 2 heteroatoms. The van der Waals surface area contributed by atoms with E-state index in [1.807, 2.05) is 7.05 Å². The van der Waals surface area contributed by atoms with Crippen molar-refractivity contribution in [2.75, 3.05) is 20.1 Å². The smallest absolute Gasteiger partial charge is 0.131 e. The third-order valence-corrected chi connectivity index (χ3v) is 1.39. The number of ketones is 1. The lowest BCUT2D eigenvalue weighted by molar-refractivity contribution is -0.117. The molecular formula is C7H15NO. The molecule has 0 rings (SSSR count). The van der Waals surface area contributed by atoms with Crippen molar-refractivity contribution in [3.05, 3.63) is 0 Å². The van der Waals surface area contributed by atoms with Gasteiger partial charge in [-0.05, 0) is 20.5 Å². The Morgan fingerprint density at radius 3 is 2.44 bits per heavy atom. The Morgan fingerprint density at radius 1 is 1.56 bits per heavy atom. The second kappa shape index (κ2) is 4.50. The van der Waals surface area contributed by atoms with Crippen molar-refractivity contribution >= 4 is 5.78 Å². The van der Waals surface area contributed by atoms with Crippen LogP contribution in [-0.2, 0) is 4.79 Å². The van der Waals surface area contributed by atoms with Crippen molar-refractivity contribution in [1.82, 2.24) is 4.90 Å². The van der Waals surface area contributed by atoms with Gasteiger partial charge < -0.3 is 4.90 Å². The molecule has 0 aliphatic heterocycles. The van der Waals surface area contributed by atoms with E-state index in [-0.39, 0.29) is 5.78 Å². The van der Waals surface area contributed by atoms with Crippen molar-refractivity contribution in [2.45, 2.75) is 20.3 Å². The van der Waals surface area contributed by atoms with Gasteiger partial charge in [-0.15, -0.1) is 0 Å². The summed E-state index contributed by atoms with van der Waals surface area (Å²) in [7, 11) is 2.02. The highest BCUT2D eigenvalue weighted by Gasteiger charge is 1.95. The van der Waals surface area contributed by atoms with Gasteiger partial charge in [-0.25, -0.2) is 0 Å². The van der Waals surface area contributed by atoms with Gasteiger partial charge in [0.25, 0.3) is 0 Å². The minimum absolute atomic E-state index is 0.273. The summed E-state index contributed by atoms with van der Waals surface area (Å²) >= 11 is 0. The van der Waals surface area contributed by atoms with Gasteiger partial charge in [0.15, 0.2) is 0 Å². The molecule has 2 nitrogen and oxygen atoms in total. The first-order valence-electron chi connectivity index (χ1n) is 3.34. The number of carbonyl (C=O) groups is 1. The highest BCUT2D eigenvalue weighted by atomic mass is 16.1. The first-order valence-corrected chi connectivity index (χ1v) is 3.34. The average molecular weight is 129 g/mol. The molecule has 0 fully saturated rings. The molecular weight excluding hydrogens is 114 g/mol. The fraction of sp³-hybridized carbons (Fsp3) is 0.857. The van der Waals surface area contributed by atoms with Crippen molar-refractivity contribution in [1.29, 1.82) is 0 Å².